The number of amides is 2. The van der Waals surface area contributed by atoms with Crippen LogP contribution in [0.25, 0.3) is 0 Å². The van der Waals surface area contributed by atoms with Crippen LogP contribution in [-0.2, 0) is 22.6 Å². The maximum atomic E-state index is 13.6. The van der Waals surface area contributed by atoms with Gasteiger partial charge in [0.05, 0.1) is 18.3 Å². The third-order valence-corrected chi connectivity index (χ3v) is 4.89. The second kappa shape index (κ2) is 8.94. The smallest absolute Gasteiger partial charge is 0.241 e. The predicted octanol–water partition coefficient (Wildman–Crippen LogP) is 0.821. The van der Waals surface area contributed by atoms with E-state index in [1.165, 1.54) is 16.9 Å². The number of nitrogens with one attached hydrogen (secondary N) is 4. The molecule has 1 aliphatic rings. The Bertz CT molecular complexity index is 829. The molecular formula is C19H25FN6O2. The minimum absolute atomic E-state index is 0.0551. The summed E-state index contributed by atoms with van der Waals surface area (Å²) < 4.78 is 15.1. The Kier molecular flexibility index (Phi) is 6.37. The SMILES string of the molecule is CC1NNC(C)C1CNC(=O)Cn1cc(NC(=O)Cc2ccccc2F)cn1. The Morgan fingerprint density at radius 1 is 1.18 bits per heavy atom. The summed E-state index contributed by atoms with van der Waals surface area (Å²) in [7, 11) is 0. The van der Waals surface area contributed by atoms with Gasteiger partial charge in [-0.2, -0.15) is 5.10 Å². The Balaban J connectivity index is 1.46. The van der Waals surface area contributed by atoms with Gasteiger partial charge in [0.1, 0.15) is 12.4 Å². The molecule has 8 nitrogen and oxygen atoms in total. The van der Waals surface area contributed by atoms with Crippen molar-refractivity contribution < 1.29 is 14.0 Å². The number of carbonyl (C=O) groups excluding carboxylic acids is 2. The first kappa shape index (κ1) is 20.0. The van der Waals surface area contributed by atoms with Crippen molar-refractivity contribution in [3.05, 3.63) is 48.0 Å². The van der Waals surface area contributed by atoms with Crippen LogP contribution in [0.5, 0.6) is 0 Å². The molecule has 28 heavy (non-hydrogen) atoms. The summed E-state index contributed by atoms with van der Waals surface area (Å²) in [5.41, 5.74) is 7.09. The van der Waals surface area contributed by atoms with Gasteiger partial charge in [0.25, 0.3) is 0 Å². The van der Waals surface area contributed by atoms with E-state index < -0.39 is 5.82 Å². The lowest BCUT2D eigenvalue weighted by molar-refractivity contribution is -0.122. The zero-order chi connectivity index (χ0) is 20.1. The number of hydrogen-bond acceptors (Lipinski definition) is 5. The third-order valence-electron chi connectivity index (χ3n) is 4.89. The monoisotopic (exact) mass is 388 g/mol. The summed E-state index contributed by atoms with van der Waals surface area (Å²) in [5, 5.41) is 9.66. The van der Waals surface area contributed by atoms with Crippen LogP contribution in [0.2, 0.25) is 0 Å². The first-order valence-corrected chi connectivity index (χ1v) is 9.26. The van der Waals surface area contributed by atoms with E-state index in [0.29, 0.717) is 23.7 Å². The third kappa shape index (κ3) is 5.14. The van der Waals surface area contributed by atoms with Crippen molar-refractivity contribution in [2.45, 2.75) is 38.9 Å². The van der Waals surface area contributed by atoms with Crippen LogP contribution in [0.3, 0.4) is 0 Å². The van der Waals surface area contributed by atoms with Gasteiger partial charge in [0.15, 0.2) is 0 Å². The molecular weight excluding hydrogens is 363 g/mol. The van der Waals surface area contributed by atoms with Crippen LogP contribution in [0.4, 0.5) is 10.1 Å². The number of halogens is 1. The minimum Gasteiger partial charge on any atom is -0.354 e. The second-order valence-corrected chi connectivity index (χ2v) is 7.08. The van der Waals surface area contributed by atoms with Crippen LogP contribution >= 0.6 is 0 Å². The fourth-order valence-electron chi connectivity index (χ4n) is 3.23. The lowest BCUT2D eigenvalue weighted by atomic mass is 9.97. The largest absolute Gasteiger partial charge is 0.354 e. The highest BCUT2D eigenvalue weighted by atomic mass is 19.1. The molecule has 150 valence electrons. The highest BCUT2D eigenvalue weighted by Crippen LogP contribution is 2.13. The zero-order valence-corrected chi connectivity index (χ0v) is 15.9. The molecule has 0 radical (unpaired) electrons. The summed E-state index contributed by atoms with van der Waals surface area (Å²) >= 11 is 0. The molecule has 4 N–H and O–H groups in total. The first-order chi connectivity index (χ1) is 13.4. The normalized spacial score (nSPS) is 21.5. The van der Waals surface area contributed by atoms with Gasteiger partial charge in [-0.3, -0.25) is 25.1 Å². The molecule has 2 heterocycles. The van der Waals surface area contributed by atoms with E-state index >= 15 is 0 Å². The Labute approximate surface area is 162 Å². The number of hydrogen-bond donors (Lipinski definition) is 4. The van der Waals surface area contributed by atoms with E-state index in [-0.39, 0.29) is 36.9 Å². The Morgan fingerprint density at radius 2 is 1.89 bits per heavy atom. The van der Waals surface area contributed by atoms with Crippen molar-refractivity contribution in [2.75, 3.05) is 11.9 Å². The van der Waals surface area contributed by atoms with Crippen LogP contribution in [0.15, 0.2) is 36.7 Å². The quantitative estimate of drug-likeness (QED) is 0.563. The van der Waals surface area contributed by atoms with Gasteiger partial charge in [-0.15, -0.1) is 0 Å². The second-order valence-electron chi connectivity index (χ2n) is 7.08. The molecule has 1 aliphatic heterocycles. The van der Waals surface area contributed by atoms with Crippen molar-refractivity contribution >= 4 is 17.5 Å². The number of nitrogens with zero attached hydrogens (tertiary/aromatic N) is 2. The number of aromatic nitrogens is 2. The van der Waals surface area contributed by atoms with E-state index in [9.17, 15) is 14.0 Å². The van der Waals surface area contributed by atoms with Gasteiger partial charge >= 0.3 is 0 Å². The van der Waals surface area contributed by atoms with Crippen molar-refractivity contribution in [1.29, 1.82) is 0 Å². The molecule has 2 atom stereocenters. The van der Waals surface area contributed by atoms with Crippen molar-refractivity contribution in [1.82, 2.24) is 25.9 Å². The summed E-state index contributed by atoms with van der Waals surface area (Å²) in [6, 6.07) is 6.69. The molecule has 1 aromatic heterocycles. The van der Waals surface area contributed by atoms with Crippen molar-refractivity contribution in [3.8, 4) is 0 Å². The fraction of sp³-hybridized carbons (Fsp3) is 0.421. The molecule has 0 saturated carbocycles. The predicted molar refractivity (Wildman–Crippen MR) is 103 cm³/mol. The maximum absolute atomic E-state index is 13.6. The van der Waals surface area contributed by atoms with Crippen molar-refractivity contribution in [2.24, 2.45) is 5.92 Å². The minimum atomic E-state index is -0.415. The van der Waals surface area contributed by atoms with E-state index in [4.69, 9.17) is 0 Å². The van der Waals surface area contributed by atoms with Gasteiger partial charge < -0.3 is 10.6 Å². The van der Waals surface area contributed by atoms with Crippen LogP contribution in [0, 0.1) is 11.7 Å². The first-order valence-electron chi connectivity index (χ1n) is 9.26. The van der Waals surface area contributed by atoms with Gasteiger partial charge in [-0.25, -0.2) is 4.39 Å². The molecule has 2 amide bonds. The number of hydrazine groups is 1. The highest BCUT2D eigenvalue weighted by Gasteiger charge is 2.29. The molecule has 0 bridgehead atoms. The molecule has 2 aromatic rings. The van der Waals surface area contributed by atoms with Gasteiger partial charge in [-0.1, -0.05) is 18.2 Å². The Hall–Kier alpha value is -2.78. The molecule has 1 saturated heterocycles. The average molecular weight is 388 g/mol. The molecule has 1 fully saturated rings. The van der Waals surface area contributed by atoms with Crippen molar-refractivity contribution in [3.63, 3.8) is 0 Å². The van der Waals surface area contributed by atoms with E-state index in [0.717, 1.165) is 0 Å². The highest BCUT2D eigenvalue weighted by molar-refractivity contribution is 5.92. The molecule has 2 unspecified atom stereocenters. The van der Waals surface area contributed by atoms with E-state index in [1.54, 1.807) is 24.4 Å². The summed E-state index contributed by atoms with van der Waals surface area (Å²) in [5.74, 6) is -0.618. The molecule has 1 aromatic carbocycles. The Morgan fingerprint density at radius 3 is 2.61 bits per heavy atom. The average Bonchev–Trinajstić information content (AvgIpc) is 3.21. The summed E-state index contributed by atoms with van der Waals surface area (Å²) in [6.45, 7) is 4.75. The summed E-state index contributed by atoms with van der Waals surface area (Å²) in [6.07, 6.45) is 2.96. The number of benzene rings is 1. The van der Waals surface area contributed by atoms with Crippen LogP contribution in [0.1, 0.15) is 19.4 Å². The number of rotatable bonds is 7. The fourth-order valence-corrected chi connectivity index (χ4v) is 3.23. The zero-order valence-electron chi connectivity index (χ0n) is 15.9. The maximum Gasteiger partial charge on any atom is 0.241 e. The molecule has 0 spiro atoms. The standard InChI is InChI=1S/C19H25FN6O2/c1-12-16(13(2)25-24-12)9-21-19(28)11-26-10-15(8-22-26)23-18(27)7-14-5-3-4-6-17(14)20/h3-6,8,10,12-13,16,24-25H,7,9,11H2,1-2H3,(H,21,28)(H,23,27). The van der Waals surface area contributed by atoms with E-state index in [2.05, 4.69) is 40.4 Å². The topological polar surface area (TPSA) is 100 Å². The number of carbonyl (C=O) groups is 2. The lowest BCUT2D eigenvalue weighted by Crippen LogP contribution is -2.38. The van der Waals surface area contributed by atoms with Gasteiger partial charge in [-0.05, 0) is 25.5 Å². The van der Waals surface area contributed by atoms with Gasteiger partial charge in [0.2, 0.25) is 11.8 Å². The van der Waals surface area contributed by atoms with Crippen LogP contribution < -0.4 is 21.5 Å². The molecule has 0 aliphatic carbocycles. The summed E-state index contributed by atoms with van der Waals surface area (Å²) in [4.78, 5) is 24.2. The number of anilines is 1. The molecule has 9 heteroatoms. The van der Waals surface area contributed by atoms with Gasteiger partial charge in [0, 0.05) is 30.7 Å². The molecule has 3 rings (SSSR count). The van der Waals surface area contributed by atoms with E-state index in [1.807, 2.05) is 0 Å². The lowest BCUT2D eigenvalue weighted by Gasteiger charge is -2.18. The van der Waals surface area contributed by atoms with Crippen LogP contribution in [-0.4, -0.2) is 40.2 Å².